The van der Waals surface area contributed by atoms with E-state index in [1.165, 1.54) is 11.1 Å². The second kappa shape index (κ2) is 6.36. The first-order chi connectivity index (χ1) is 8.40. The Morgan fingerprint density at radius 3 is 2.18 bits per heavy atom. The van der Waals surface area contributed by atoms with Gasteiger partial charge in [-0.15, -0.1) is 0 Å². The van der Waals surface area contributed by atoms with E-state index in [-0.39, 0.29) is 0 Å². The topological polar surface area (TPSA) is 9.23 Å². The van der Waals surface area contributed by atoms with E-state index in [0.717, 1.165) is 18.1 Å². The van der Waals surface area contributed by atoms with Crippen molar-refractivity contribution in [3.63, 3.8) is 0 Å². The number of benzene rings is 2. The maximum absolute atomic E-state index is 5.62. The molecule has 0 aliphatic heterocycles. The molecule has 0 aliphatic rings. The zero-order valence-corrected chi connectivity index (χ0v) is 10.7. The van der Waals surface area contributed by atoms with E-state index in [0.29, 0.717) is 0 Å². The van der Waals surface area contributed by atoms with Crippen LogP contribution in [0.25, 0.3) is 11.1 Å². The highest BCUT2D eigenvalue weighted by Gasteiger charge is 1.97. The zero-order valence-electron chi connectivity index (χ0n) is 9.93. The van der Waals surface area contributed by atoms with Crippen LogP contribution in [0, 0.1) is 0 Å². The minimum Gasteiger partial charge on any atom is -0.493 e. The third kappa shape index (κ3) is 3.53. The molecule has 2 aromatic carbocycles. The normalized spacial score (nSPS) is 10.2. The molecule has 0 spiro atoms. The smallest absolute Gasteiger partial charge is 0.119 e. The molecule has 0 bridgehead atoms. The van der Waals surface area contributed by atoms with Crippen LogP contribution in [0.15, 0.2) is 54.6 Å². The number of thioether (sulfide) groups is 1. The highest BCUT2D eigenvalue weighted by Crippen LogP contribution is 2.21. The lowest BCUT2D eigenvalue weighted by Crippen LogP contribution is -1.99. The summed E-state index contributed by atoms with van der Waals surface area (Å²) in [6, 6.07) is 18.6. The SMILES string of the molecule is CSCCOc1ccc(-c2ccccc2)cc1. The molecule has 0 atom stereocenters. The molecule has 17 heavy (non-hydrogen) atoms. The summed E-state index contributed by atoms with van der Waals surface area (Å²) < 4.78 is 5.62. The van der Waals surface area contributed by atoms with Crippen LogP contribution in [-0.4, -0.2) is 18.6 Å². The first kappa shape index (κ1) is 12.1. The van der Waals surface area contributed by atoms with Gasteiger partial charge in [-0.3, -0.25) is 0 Å². The van der Waals surface area contributed by atoms with Crippen LogP contribution < -0.4 is 4.74 Å². The van der Waals surface area contributed by atoms with Gasteiger partial charge in [0.15, 0.2) is 0 Å². The average molecular weight is 244 g/mol. The van der Waals surface area contributed by atoms with E-state index in [9.17, 15) is 0 Å². The van der Waals surface area contributed by atoms with Gasteiger partial charge < -0.3 is 4.74 Å². The van der Waals surface area contributed by atoms with Crippen molar-refractivity contribution in [2.75, 3.05) is 18.6 Å². The van der Waals surface area contributed by atoms with E-state index in [4.69, 9.17) is 4.74 Å². The largest absolute Gasteiger partial charge is 0.493 e. The predicted octanol–water partition coefficient (Wildman–Crippen LogP) is 4.10. The molecule has 0 radical (unpaired) electrons. The summed E-state index contributed by atoms with van der Waals surface area (Å²) in [5, 5.41) is 0. The van der Waals surface area contributed by atoms with Crippen molar-refractivity contribution in [1.82, 2.24) is 0 Å². The van der Waals surface area contributed by atoms with Crippen molar-refractivity contribution in [2.45, 2.75) is 0 Å². The highest BCUT2D eigenvalue weighted by atomic mass is 32.2. The van der Waals surface area contributed by atoms with Crippen LogP contribution in [0.5, 0.6) is 5.75 Å². The Balaban J connectivity index is 2.03. The molecule has 2 aromatic rings. The minimum atomic E-state index is 0.770. The van der Waals surface area contributed by atoms with E-state index >= 15 is 0 Å². The van der Waals surface area contributed by atoms with Gasteiger partial charge >= 0.3 is 0 Å². The first-order valence-corrected chi connectivity index (χ1v) is 7.07. The molecule has 2 rings (SSSR count). The van der Waals surface area contributed by atoms with Crippen LogP contribution in [0.2, 0.25) is 0 Å². The third-order valence-electron chi connectivity index (χ3n) is 2.52. The van der Waals surface area contributed by atoms with Gasteiger partial charge in [0, 0.05) is 5.75 Å². The lowest BCUT2D eigenvalue weighted by Gasteiger charge is -2.06. The summed E-state index contributed by atoms with van der Waals surface area (Å²) in [5.74, 6) is 1.97. The molecule has 0 N–H and O–H groups in total. The van der Waals surface area contributed by atoms with Crippen LogP contribution in [0.3, 0.4) is 0 Å². The molecule has 0 aromatic heterocycles. The molecular weight excluding hydrogens is 228 g/mol. The Kier molecular flexibility index (Phi) is 4.51. The minimum absolute atomic E-state index is 0.770. The number of rotatable bonds is 5. The maximum atomic E-state index is 5.62. The van der Waals surface area contributed by atoms with Gasteiger partial charge in [-0.25, -0.2) is 0 Å². The van der Waals surface area contributed by atoms with Gasteiger partial charge in [-0.05, 0) is 29.5 Å². The average Bonchev–Trinajstić information content (AvgIpc) is 2.41. The fourth-order valence-electron chi connectivity index (χ4n) is 1.62. The van der Waals surface area contributed by atoms with E-state index in [1.807, 2.05) is 18.2 Å². The monoisotopic (exact) mass is 244 g/mol. The van der Waals surface area contributed by atoms with Crippen molar-refractivity contribution < 1.29 is 4.74 Å². The molecule has 88 valence electrons. The van der Waals surface area contributed by atoms with Crippen molar-refractivity contribution >= 4 is 11.8 Å². The second-order valence-corrected chi connectivity index (χ2v) is 4.72. The first-order valence-electron chi connectivity index (χ1n) is 5.67. The number of hydrogen-bond acceptors (Lipinski definition) is 2. The second-order valence-electron chi connectivity index (χ2n) is 3.73. The van der Waals surface area contributed by atoms with Gasteiger partial charge in [-0.2, -0.15) is 11.8 Å². The summed E-state index contributed by atoms with van der Waals surface area (Å²) in [6.45, 7) is 0.770. The van der Waals surface area contributed by atoms with E-state index < -0.39 is 0 Å². The summed E-state index contributed by atoms with van der Waals surface area (Å²) in [7, 11) is 0. The summed E-state index contributed by atoms with van der Waals surface area (Å²) in [4.78, 5) is 0. The Hall–Kier alpha value is -1.41. The number of hydrogen-bond donors (Lipinski definition) is 0. The van der Waals surface area contributed by atoms with Crippen molar-refractivity contribution in [3.05, 3.63) is 54.6 Å². The van der Waals surface area contributed by atoms with Crippen LogP contribution in [0.4, 0.5) is 0 Å². The van der Waals surface area contributed by atoms with Crippen molar-refractivity contribution in [1.29, 1.82) is 0 Å². The predicted molar refractivity (Wildman–Crippen MR) is 75.8 cm³/mol. The molecule has 0 saturated carbocycles. The lowest BCUT2D eigenvalue weighted by molar-refractivity contribution is 0.344. The molecular formula is C15H16OS. The van der Waals surface area contributed by atoms with Gasteiger partial charge in [0.2, 0.25) is 0 Å². The molecule has 0 aliphatic carbocycles. The third-order valence-corrected chi connectivity index (χ3v) is 3.09. The molecule has 2 heteroatoms. The fourth-order valence-corrected chi connectivity index (χ4v) is 1.87. The van der Waals surface area contributed by atoms with E-state index in [2.05, 4.69) is 42.7 Å². The standard InChI is InChI=1S/C15H16OS/c1-17-12-11-16-15-9-7-14(8-10-15)13-5-3-2-4-6-13/h2-10H,11-12H2,1H3. The van der Waals surface area contributed by atoms with Crippen molar-refractivity contribution in [2.24, 2.45) is 0 Å². The van der Waals surface area contributed by atoms with E-state index in [1.54, 1.807) is 11.8 Å². The zero-order chi connectivity index (χ0) is 11.9. The Labute approximate surface area is 107 Å². The number of ether oxygens (including phenoxy) is 1. The summed E-state index contributed by atoms with van der Waals surface area (Å²) in [5.41, 5.74) is 2.46. The fraction of sp³-hybridized carbons (Fsp3) is 0.200. The van der Waals surface area contributed by atoms with Crippen LogP contribution in [-0.2, 0) is 0 Å². The van der Waals surface area contributed by atoms with Gasteiger partial charge in [0.1, 0.15) is 5.75 Å². The molecule has 0 fully saturated rings. The Morgan fingerprint density at radius 1 is 0.882 bits per heavy atom. The van der Waals surface area contributed by atoms with Gasteiger partial charge in [0.25, 0.3) is 0 Å². The van der Waals surface area contributed by atoms with Crippen molar-refractivity contribution in [3.8, 4) is 16.9 Å². The Morgan fingerprint density at radius 2 is 1.53 bits per heavy atom. The molecule has 0 heterocycles. The molecule has 0 saturated heterocycles. The van der Waals surface area contributed by atoms with Crippen LogP contribution in [0.1, 0.15) is 0 Å². The van der Waals surface area contributed by atoms with Crippen LogP contribution >= 0.6 is 11.8 Å². The lowest BCUT2D eigenvalue weighted by atomic mass is 10.1. The molecule has 0 amide bonds. The quantitative estimate of drug-likeness (QED) is 0.732. The summed E-state index contributed by atoms with van der Waals surface area (Å²) >= 11 is 1.80. The maximum Gasteiger partial charge on any atom is 0.119 e. The van der Waals surface area contributed by atoms with Gasteiger partial charge in [-0.1, -0.05) is 42.5 Å². The summed E-state index contributed by atoms with van der Waals surface area (Å²) in [6.07, 6.45) is 2.09. The highest BCUT2D eigenvalue weighted by molar-refractivity contribution is 7.98. The Bertz CT molecular complexity index is 436. The molecule has 1 nitrogen and oxygen atoms in total. The molecule has 0 unspecified atom stereocenters. The van der Waals surface area contributed by atoms with Gasteiger partial charge in [0.05, 0.1) is 6.61 Å².